The number of benzene rings is 2. The number of halogens is 2. The average molecular weight is 490 g/mol. The third-order valence-electron chi connectivity index (χ3n) is 4.84. The van der Waals surface area contributed by atoms with Crippen molar-refractivity contribution in [3.63, 3.8) is 0 Å². The molecule has 176 valence electrons. The molecule has 0 saturated carbocycles. The van der Waals surface area contributed by atoms with E-state index < -0.39 is 36.6 Å². The number of nitrogens with zero attached hydrogens (tertiary/aromatic N) is 1. The molecule has 0 radical (unpaired) electrons. The van der Waals surface area contributed by atoms with Gasteiger partial charge < -0.3 is 10.1 Å². The molecule has 0 unspecified atom stereocenters. The van der Waals surface area contributed by atoms with E-state index in [9.17, 15) is 25.6 Å². The van der Waals surface area contributed by atoms with Crippen molar-refractivity contribution in [3.8, 4) is 0 Å². The number of nitrogens with one attached hydrogen (secondary N) is 2. The van der Waals surface area contributed by atoms with E-state index in [0.717, 1.165) is 12.8 Å². The number of hydrogen-bond acceptors (Lipinski definition) is 6. The fourth-order valence-electron chi connectivity index (χ4n) is 3.15. The van der Waals surface area contributed by atoms with Gasteiger partial charge in [-0.2, -0.15) is 4.31 Å². The van der Waals surface area contributed by atoms with Crippen LogP contribution in [0, 0.1) is 11.6 Å². The van der Waals surface area contributed by atoms with Crippen molar-refractivity contribution in [3.05, 3.63) is 48.0 Å². The van der Waals surface area contributed by atoms with Gasteiger partial charge in [-0.15, -0.1) is 0 Å². The Labute approximate surface area is 186 Å². The largest absolute Gasteiger partial charge is 0.383 e. The molecule has 1 aliphatic rings. The first-order chi connectivity index (χ1) is 15.1. The Balaban J connectivity index is 1.99. The van der Waals surface area contributed by atoms with Crippen LogP contribution in [0.2, 0.25) is 0 Å². The number of unbranched alkanes of at least 4 members (excludes halogenated alkanes) is 1. The van der Waals surface area contributed by atoms with Crippen molar-refractivity contribution < 1.29 is 30.4 Å². The monoisotopic (exact) mass is 489 g/mol. The quantitative estimate of drug-likeness (QED) is 0.525. The molecular weight excluding hydrogens is 464 g/mol. The molecule has 1 fully saturated rings. The lowest BCUT2D eigenvalue weighted by molar-refractivity contribution is 0.0730. The highest BCUT2D eigenvalue weighted by atomic mass is 32.2. The number of sulfonamides is 2. The minimum absolute atomic E-state index is 0.0416. The van der Waals surface area contributed by atoms with Gasteiger partial charge in [-0.05, 0) is 36.8 Å². The zero-order chi connectivity index (χ0) is 23.4. The fourth-order valence-corrected chi connectivity index (χ4v) is 5.69. The van der Waals surface area contributed by atoms with Crippen LogP contribution in [0.25, 0.3) is 0 Å². The van der Waals surface area contributed by atoms with Crippen LogP contribution in [0.3, 0.4) is 0 Å². The second-order valence-electron chi connectivity index (χ2n) is 7.21. The van der Waals surface area contributed by atoms with Gasteiger partial charge in [0.2, 0.25) is 10.0 Å². The van der Waals surface area contributed by atoms with Crippen molar-refractivity contribution in [1.29, 1.82) is 0 Å². The molecule has 2 N–H and O–H groups in total. The van der Waals surface area contributed by atoms with Crippen LogP contribution in [0.4, 0.5) is 20.2 Å². The number of hydrogen-bond donors (Lipinski definition) is 2. The number of morpholine rings is 1. The molecule has 0 atom stereocenters. The van der Waals surface area contributed by atoms with Crippen molar-refractivity contribution in [2.45, 2.75) is 29.6 Å². The predicted molar refractivity (Wildman–Crippen MR) is 117 cm³/mol. The molecule has 32 heavy (non-hydrogen) atoms. The lowest BCUT2D eigenvalue weighted by atomic mass is 10.2. The van der Waals surface area contributed by atoms with Gasteiger partial charge in [0.05, 0.1) is 34.4 Å². The van der Waals surface area contributed by atoms with Gasteiger partial charge in [-0.25, -0.2) is 25.6 Å². The normalized spacial score (nSPS) is 15.5. The van der Waals surface area contributed by atoms with E-state index in [0.29, 0.717) is 30.4 Å². The van der Waals surface area contributed by atoms with E-state index in [1.165, 1.54) is 22.5 Å². The number of anilines is 2. The first-order valence-electron chi connectivity index (χ1n) is 10.1. The van der Waals surface area contributed by atoms with Gasteiger partial charge in [-0.3, -0.25) is 4.72 Å². The van der Waals surface area contributed by atoms with Gasteiger partial charge in [0.15, 0.2) is 0 Å². The van der Waals surface area contributed by atoms with Crippen LogP contribution in [-0.2, 0) is 24.8 Å². The SMILES string of the molecule is CCCCNc1ccc(S(=O)(=O)N2CCOCC2)cc1NS(=O)(=O)c1cc(F)cc(F)c1. The minimum Gasteiger partial charge on any atom is -0.383 e. The van der Waals surface area contributed by atoms with Gasteiger partial charge >= 0.3 is 0 Å². The number of ether oxygens (including phenoxy) is 1. The van der Waals surface area contributed by atoms with E-state index in [4.69, 9.17) is 4.74 Å². The molecule has 0 bridgehead atoms. The van der Waals surface area contributed by atoms with Crippen LogP contribution in [-0.4, -0.2) is 54.0 Å². The summed E-state index contributed by atoms with van der Waals surface area (Å²) in [7, 11) is -8.29. The van der Waals surface area contributed by atoms with Crippen LogP contribution in [0.5, 0.6) is 0 Å². The fraction of sp³-hybridized carbons (Fsp3) is 0.400. The highest BCUT2D eigenvalue weighted by molar-refractivity contribution is 7.92. The van der Waals surface area contributed by atoms with E-state index in [-0.39, 0.29) is 36.9 Å². The molecule has 0 amide bonds. The van der Waals surface area contributed by atoms with E-state index in [2.05, 4.69) is 10.0 Å². The summed E-state index contributed by atoms with van der Waals surface area (Å²) in [6.45, 7) is 3.41. The standard InChI is InChI=1S/C20H25F2N3O5S2/c1-2-3-6-23-19-5-4-17(32(28,29)25-7-9-30-10-8-25)14-20(19)24-31(26,27)18-12-15(21)11-16(22)13-18/h4-5,11-14,23-24H,2-3,6-10H2,1H3. The Morgan fingerprint density at radius 3 is 2.22 bits per heavy atom. The van der Waals surface area contributed by atoms with Crippen LogP contribution >= 0.6 is 0 Å². The summed E-state index contributed by atoms with van der Waals surface area (Å²) >= 11 is 0. The maximum absolute atomic E-state index is 13.6. The zero-order valence-corrected chi connectivity index (χ0v) is 19.1. The molecular formula is C20H25F2N3O5S2. The summed E-state index contributed by atoms with van der Waals surface area (Å²) in [5.41, 5.74) is 0.305. The molecule has 3 rings (SSSR count). The van der Waals surface area contributed by atoms with Crippen LogP contribution < -0.4 is 10.0 Å². The van der Waals surface area contributed by atoms with E-state index in [1.54, 1.807) is 0 Å². The Bertz CT molecular complexity index is 1150. The topological polar surface area (TPSA) is 105 Å². The molecule has 1 aliphatic heterocycles. The van der Waals surface area contributed by atoms with Crippen LogP contribution in [0.15, 0.2) is 46.2 Å². The maximum atomic E-state index is 13.6. The van der Waals surface area contributed by atoms with Gasteiger partial charge in [0.25, 0.3) is 10.0 Å². The number of rotatable bonds is 9. The summed E-state index contributed by atoms with van der Waals surface area (Å²) in [6, 6.07) is 5.98. The molecule has 0 aromatic heterocycles. The summed E-state index contributed by atoms with van der Waals surface area (Å²) in [5.74, 6) is -2.09. The van der Waals surface area contributed by atoms with Crippen molar-refractivity contribution in [2.75, 3.05) is 42.9 Å². The molecule has 2 aromatic carbocycles. The molecule has 12 heteroatoms. The maximum Gasteiger partial charge on any atom is 0.262 e. The molecule has 1 heterocycles. The lowest BCUT2D eigenvalue weighted by Crippen LogP contribution is -2.40. The van der Waals surface area contributed by atoms with Gasteiger partial charge in [0.1, 0.15) is 11.6 Å². The molecule has 0 aliphatic carbocycles. The first-order valence-corrected chi connectivity index (χ1v) is 13.0. The summed E-state index contributed by atoms with van der Waals surface area (Å²) in [6.07, 6.45) is 1.69. The van der Waals surface area contributed by atoms with E-state index in [1.807, 2.05) is 6.92 Å². The molecule has 1 saturated heterocycles. The second kappa shape index (κ2) is 10.1. The predicted octanol–water partition coefficient (Wildman–Crippen LogP) is 3.00. The van der Waals surface area contributed by atoms with Gasteiger partial charge in [-0.1, -0.05) is 13.3 Å². The van der Waals surface area contributed by atoms with Gasteiger partial charge in [0, 0.05) is 25.7 Å². The average Bonchev–Trinajstić information content (AvgIpc) is 2.74. The van der Waals surface area contributed by atoms with E-state index >= 15 is 0 Å². The minimum atomic E-state index is -4.40. The Kier molecular flexibility index (Phi) is 7.70. The van der Waals surface area contributed by atoms with Crippen molar-refractivity contribution in [1.82, 2.24) is 4.31 Å². The molecule has 8 nitrogen and oxygen atoms in total. The summed E-state index contributed by atoms with van der Waals surface area (Å²) in [4.78, 5) is -0.723. The lowest BCUT2D eigenvalue weighted by Gasteiger charge is -2.26. The smallest absolute Gasteiger partial charge is 0.262 e. The Morgan fingerprint density at radius 1 is 0.938 bits per heavy atom. The van der Waals surface area contributed by atoms with Crippen molar-refractivity contribution >= 4 is 31.4 Å². The third-order valence-corrected chi connectivity index (χ3v) is 8.07. The highest BCUT2D eigenvalue weighted by Gasteiger charge is 2.28. The first kappa shape index (κ1) is 24.4. The summed E-state index contributed by atoms with van der Waals surface area (Å²) < 4.78 is 87.5. The second-order valence-corrected chi connectivity index (χ2v) is 10.8. The van der Waals surface area contributed by atoms with Crippen LogP contribution in [0.1, 0.15) is 19.8 Å². The Morgan fingerprint density at radius 2 is 1.59 bits per heavy atom. The summed E-state index contributed by atoms with van der Waals surface area (Å²) in [5, 5.41) is 3.07. The third kappa shape index (κ3) is 5.74. The van der Waals surface area contributed by atoms with Crippen molar-refractivity contribution in [2.24, 2.45) is 0 Å². The highest BCUT2D eigenvalue weighted by Crippen LogP contribution is 2.30. The zero-order valence-electron chi connectivity index (χ0n) is 17.5. The molecule has 2 aromatic rings. The Hall–Kier alpha value is -2.28. The molecule has 0 spiro atoms.